The van der Waals surface area contributed by atoms with Crippen molar-refractivity contribution in [2.75, 3.05) is 29.6 Å². The zero-order chi connectivity index (χ0) is 35.7. The number of hydrogen-bond donors (Lipinski definition) is 2. The van der Waals surface area contributed by atoms with E-state index in [-0.39, 0.29) is 37.2 Å². The molecule has 3 unspecified atom stereocenters. The molecule has 1 aliphatic heterocycles. The Bertz CT molecular complexity index is 2120. The van der Waals surface area contributed by atoms with Crippen molar-refractivity contribution in [1.29, 1.82) is 0 Å². The van der Waals surface area contributed by atoms with Gasteiger partial charge in [-0.05, 0) is 68.2 Å². The molecule has 5 aromatic rings. The summed E-state index contributed by atoms with van der Waals surface area (Å²) < 4.78 is 39.4. The summed E-state index contributed by atoms with van der Waals surface area (Å²) in [5.74, 6) is 2.17. The lowest BCUT2D eigenvalue weighted by atomic mass is 9.85. The summed E-state index contributed by atoms with van der Waals surface area (Å²) in [6.45, 7) is 7.43. The fourth-order valence-corrected chi connectivity index (χ4v) is 7.23. The third-order valence-corrected chi connectivity index (χ3v) is 10.1. The van der Waals surface area contributed by atoms with Gasteiger partial charge in [0.1, 0.15) is 23.4 Å². The average Bonchev–Trinajstić information content (AvgIpc) is 3.84. The molecule has 270 valence electrons. The molecule has 2 amide bonds. The third kappa shape index (κ3) is 7.71. The van der Waals surface area contributed by atoms with Crippen LogP contribution >= 0.6 is 0 Å². The minimum Gasteiger partial charge on any atom is -0.484 e. The topological polar surface area (TPSA) is 163 Å². The van der Waals surface area contributed by atoms with Crippen LogP contribution in [0.5, 0.6) is 5.75 Å². The first-order valence-electron chi connectivity index (χ1n) is 17.4. The normalized spacial score (nSPS) is 19.3. The number of ether oxygens (including phenoxy) is 1. The maximum atomic E-state index is 13.5. The van der Waals surface area contributed by atoms with E-state index >= 15 is 0 Å². The molecule has 0 saturated carbocycles. The Kier molecular flexibility index (Phi) is 9.70. The summed E-state index contributed by atoms with van der Waals surface area (Å²) in [5, 5.41) is 24.1. The number of urea groups is 1. The highest BCUT2D eigenvalue weighted by atomic mass is 32.2. The molecule has 16 heteroatoms. The molecule has 3 atom stereocenters. The number of piperidine rings is 1. The molecule has 2 aliphatic rings. The van der Waals surface area contributed by atoms with Crippen molar-refractivity contribution >= 4 is 33.6 Å². The fraction of sp³-hybridized carbons (Fsp3) is 0.457. The quantitative estimate of drug-likeness (QED) is 0.170. The Morgan fingerprint density at radius 1 is 1.04 bits per heavy atom. The fourth-order valence-electron chi connectivity index (χ4n) is 6.85. The smallest absolute Gasteiger partial charge is 0.320 e. The zero-order valence-electron chi connectivity index (χ0n) is 29.3. The van der Waals surface area contributed by atoms with Gasteiger partial charge in [0.15, 0.2) is 5.65 Å². The molecule has 0 spiro atoms. The van der Waals surface area contributed by atoms with Crippen LogP contribution in [-0.2, 0) is 20.8 Å². The summed E-state index contributed by atoms with van der Waals surface area (Å²) in [5.41, 5.74) is 4.23. The van der Waals surface area contributed by atoms with Crippen molar-refractivity contribution in [2.45, 2.75) is 83.5 Å². The largest absolute Gasteiger partial charge is 0.484 e. The van der Waals surface area contributed by atoms with Crippen LogP contribution in [0.15, 0.2) is 61.1 Å². The minimum absolute atomic E-state index is 0.0467. The van der Waals surface area contributed by atoms with E-state index in [0.29, 0.717) is 30.4 Å². The van der Waals surface area contributed by atoms with Gasteiger partial charge in [0.05, 0.1) is 49.7 Å². The van der Waals surface area contributed by atoms with Crippen LogP contribution in [0.3, 0.4) is 0 Å². The van der Waals surface area contributed by atoms with Crippen LogP contribution < -0.4 is 20.3 Å². The van der Waals surface area contributed by atoms with Gasteiger partial charge in [-0.1, -0.05) is 38.1 Å². The van der Waals surface area contributed by atoms with Gasteiger partial charge < -0.3 is 15.0 Å². The standard InChI is InChI=1S/C35H44N10O5S/c1-23(2)30-19-33(45(41-30)25-20-36-42(21-25)17-18-49-51(4,47)48)38-34(46)37-29-13-14-31(28-11-6-5-10-27(28)29)50-26-12-15-32-39-40-35(44(32)22-26)43-16-8-7-9-24(43)3/h5-6,10-12,15,19-24,29,31H,7-9,13-14,16-18H2,1-4H3,(H2,37,38,46). The van der Waals surface area contributed by atoms with Crippen molar-refractivity contribution in [1.82, 2.24) is 39.5 Å². The van der Waals surface area contributed by atoms with E-state index in [1.807, 2.05) is 60.8 Å². The van der Waals surface area contributed by atoms with Crippen molar-refractivity contribution in [3.05, 3.63) is 77.9 Å². The molecule has 1 saturated heterocycles. The number of nitrogens with one attached hydrogen (secondary N) is 2. The van der Waals surface area contributed by atoms with Gasteiger partial charge in [-0.3, -0.25) is 18.6 Å². The molecule has 2 N–H and O–H groups in total. The highest BCUT2D eigenvalue weighted by Gasteiger charge is 2.30. The Morgan fingerprint density at radius 3 is 2.65 bits per heavy atom. The predicted molar refractivity (Wildman–Crippen MR) is 192 cm³/mol. The molecule has 1 fully saturated rings. The number of hydrogen-bond acceptors (Lipinski definition) is 10. The highest BCUT2D eigenvalue weighted by molar-refractivity contribution is 7.85. The molecule has 5 heterocycles. The van der Waals surface area contributed by atoms with Gasteiger partial charge in [-0.2, -0.15) is 18.6 Å². The van der Waals surface area contributed by atoms with Crippen molar-refractivity contribution in [3.8, 4) is 11.4 Å². The number of aromatic nitrogens is 7. The summed E-state index contributed by atoms with van der Waals surface area (Å²) in [7, 11) is -3.55. The summed E-state index contributed by atoms with van der Waals surface area (Å²) in [4.78, 5) is 15.9. The lowest BCUT2D eigenvalue weighted by Gasteiger charge is -2.33. The Balaban J connectivity index is 1.05. The first-order valence-corrected chi connectivity index (χ1v) is 19.3. The third-order valence-electron chi connectivity index (χ3n) is 9.48. The molecule has 1 aromatic carbocycles. The lowest BCUT2D eigenvalue weighted by molar-refractivity contribution is 0.171. The van der Waals surface area contributed by atoms with Crippen LogP contribution in [0.4, 0.5) is 16.6 Å². The van der Waals surface area contributed by atoms with E-state index in [1.54, 1.807) is 21.8 Å². The van der Waals surface area contributed by atoms with E-state index in [1.165, 1.54) is 6.42 Å². The number of fused-ring (bicyclic) bond motifs is 2. The van der Waals surface area contributed by atoms with Gasteiger partial charge in [0, 0.05) is 18.7 Å². The summed E-state index contributed by atoms with van der Waals surface area (Å²) in [6, 6.07) is 13.6. The Morgan fingerprint density at radius 2 is 1.86 bits per heavy atom. The molecular formula is C35H44N10O5S. The monoisotopic (exact) mass is 716 g/mol. The van der Waals surface area contributed by atoms with E-state index in [2.05, 4.69) is 43.8 Å². The molecule has 0 radical (unpaired) electrons. The van der Waals surface area contributed by atoms with E-state index in [4.69, 9.17) is 14.0 Å². The van der Waals surface area contributed by atoms with E-state index in [0.717, 1.165) is 59.8 Å². The number of anilines is 2. The van der Waals surface area contributed by atoms with Crippen LogP contribution in [0.1, 0.15) is 87.8 Å². The van der Waals surface area contributed by atoms with E-state index in [9.17, 15) is 13.2 Å². The number of benzene rings is 1. The average molecular weight is 717 g/mol. The molecule has 7 rings (SSSR count). The number of amides is 2. The first kappa shape index (κ1) is 34.5. The van der Waals surface area contributed by atoms with Crippen LogP contribution in [-0.4, -0.2) is 74.1 Å². The molecule has 15 nitrogen and oxygen atoms in total. The number of nitrogens with zero attached hydrogens (tertiary/aromatic N) is 8. The summed E-state index contributed by atoms with van der Waals surface area (Å²) >= 11 is 0. The Hall–Kier alpha value is -4.96. The number of rotatable bonds is 11. The number of pyridine rings is 1. The van der Waals surface area contributed by atoms with Crippen molar-refractivity contribution in [3.63, 3.8) is 0 Å². The maximum absolute atomic E-state index is 13.5. The minimum atomic E-state index is -3.55. The summed E-state index contributed by atoms with van der Waals surface area (Å²) in [6.07, 6.45) is 11.0. The second kappa shape index (κ2) is 14.3. The van der Waals surface area contributed by atoms with Crippen molar-refractivity contribution in [2.24, 2.45) is 0 Å². The second-order valence-corrected chi connectivity index (χ2v) is 15.2. The van der Waals surface area contributed by atoms with Gasteiger partial charge in [0.25, 0.3) is 10.1 Å². The maximum Gasteiger partial charge on any atom is 0.320 e. The number of carbonyl (C=O) groups excluding carboxylic acids is 1. The molecule has 51 heavy (non-hydrogen) atoms. The predicted octanol–water partition coefficient (Wildman–Crippen LogP) is 5.37. The molecule has 1 aliphatic carbocycles. The SMILES string of the molecule is CC(C)c1cc(NC(=O)NC2CCC(Oc3ccc4nnc(N5CCCCC5C)n4c3)c3ccccc32)n(-c2cnn(CCOS(C)(=O)=O)c2)n1. The first-order chi connectivity index (χ1) is 24.5. The molecule has 0 bridgehead atoms. The molecular weight excluding hydrogens is 673 g/mol. The second-order valence-electron chi connectivity index (χ2n) is 13.6. The zero-order valence-corrected chi connectivity index (χ0v) is 30.1. The van der Waals surface area contributed by atoms with Crippen LogP contribution in [0.2, 0.25) is 0 Å². The number of carbonyl (C=O) groups is 1. The van der Waals surface area contributed by atoms with Gasteiger partial charge in [-0.25, -0.2) is 9.48 Å². The lowest BCUT2D eigenvalue weighted by Crippen LogP contribution is -2.38. The van der Waals surface area contributed by atoms with Gasteiger partial charge >= 0.3 is 6.03 Å². The van der Waals surface area contributed by atoms with E-state index < -0.39 is 10.1 Å². The van der Waals surface area contributed by atoms with Crippen LogP contribution in [0, 0.1) is 0 Å². The van der Waals surface area contributed by atoms with Gasteiger partial charge in [0.2, 0.25) is 5.95 Å². The molecule has 4 aromatic heterocycles. The Labute approximate surface area is 297 Å². The highest BCUT2D eigenvalue weighted by Crippen LogP contribution is 2.39. The van der Waals surface area contributed by atoms with Crippen LogP contribution in [0.25, 0.3) is 11.3 Å². The van der Waals surface area contributed by atoms with Gasteiger partial charge in [-0.15, -0.1) is 10.2 Å². The van der Waals surface area contributed by atoms with Crippen molar-refractivity contribution < 1.29 is 22.1 Å².